The summed E-state index contributed by atoms with van der Waals surface area (Å²) >= 11 is 0. The van der Waals surface area contributed by atoms with Gasteiger partial charge < -0.3 is 4.74 Å². The second-order valence-corrected chi connectivity index (χ2v) is 8.58. The van der Waals surface area contributed by atoms with Gasteiger partial charge in [0.05, 0.1) is 12.5 Å². The lowest BCUT2D eigenvalue weighted by Crippen LogP contribution is -2.02. The second-order valence-electron chi connectivity index (χ2n) is 7.12. The molecule has 152 valence electrons. The Bertz CT molecular complexity index is 1120. The van der Waals surface area contributed by atoms with Crippen molar-refractivity contribution in [1.82, 2.24) is 0 Å². The highest BCUT2D eigenvalue weighted by Crippen LogP contribution is 2.33. The van der Waals surface area contributed by atoms with E-state index in [2.05, 4.69) is 48.5 Å². The van der Waals surface area contributed by atoms with E-state index in [1.807, 2.05) is 18.2 Å². The highest BCUT2D eigenvalue weighted by molar-refractivity contribution is 7.85. The van der Waals surface area contributed by atoms with Gasteiger partial charge in [0.15, 0.2) is 0 Å². The second kappa shape index (κ2) is 9.72. The highest BCUT2D eigenvalue weighted by Gasteiger charge is 2.13. The zero-order chi connectivity index (χ0) is 20.7. The minimum absolute atomic E-state index is 0.715. The molecule has 1 heterocycles. The zero-order valence-electron chi connectivity index (χ0n) is 16.5. The molecule has 3 aromatic carbocycles. The van der Waals surface area contributed by atoms with Gasteiger partial charge in [-0.3, -0.25) is 4.55 Å². The standard InChI is InChI=1S/C18H16.C5H6O.CH4O3S/c1-3-7-15-13(5-1)9-11-18-16-8-4-2-6-14(16)10-12-17(15)18;1-2-4-6-5-3-1;1-5(2,3)4/h1,3,5,7,9-12H,2,4,6,8H2;1-4H,5H2;1H3,(H,2,3,4). The number of fused-ring (bicyclic) bond motifs is 5. The van der Waals surface area contributed by atoms with E-state index in [1.165, 1.54) is 47.2 Å². The third-order valence-corrected chi connectivity index (χ3v) is 4.87. The maximum Gasteiger partial charge on any atom is 0.261 e. The van der Waals surface area contributed by atoms with Crippen molar-refractivity contribution >= 4 is 31.7 Å². The molecule has 2 aliphatic rings. The number of hydrogen-bond acceptors (Lipinski definition) is 3. The number of aryl methyl sites for hydroxylation is 2. The predicted octanol–water partition coefficient (Wildman–Crippen LogP) is 5.46. The van der Waals surface area contributed by atoms with Crippen molar-refractivity contribution in [2.45, 2.75) is 25.7 Å². The van der Waals surface area contributed by atoms with Gasteiger partial charge in [-0.05, 0) is 70.5 Å². The average Bonchev–Trinajstić information content (AvgIpc) is 2.74. The molecule has 0 unspecified atom stereocenters. The van der Waals surface area contributed by atoms with Crippen molar-refractivity contribution in [3.63, 3.8) is 0 Å². The molecule has 5 rings (SSSR count). The molecule has 0 saturated carbocycles. The van der Waals surface area contributed by atoms with Crippen LogP contribution in [0.1, 0.15) is 24.0 Å². The number of allylic oxidation sites excluding steroid dienone is 2. The van der Waals surface area contributed by atoms with Crippen LogP contribution in [0.4, 0.5) is 0 Å². The minimum atomic E-state index is -3.67. The van der Waals surface area contributed by atoms with Gasteiger partial charge in [-0.1, -0.05) is 54.6 Å². The van der Waals surface area contributed by atoms with Crippen LogP contribution >= 0.6 is 0 Å². The van der Waals surface area contributed by atoms with E-state index in [9.17, 15) is 8.42 Å². The van der Waals surface area contributed by atoms with Crippen LogP contribution in [0, 0.1) is 0 Å². The van der Waals surface area contributed by atoms with Crippen molar-refractivity contribution < 1.29 is 17.7 Å². The Morgan fingerprint density at radius 3 is 2.24 bits per heavy atom. The first-order valence-electron chi connectivity index (χ1n) is 9.71. The van der Waals surface area contributed by atoms with Gasteiger partial charge in [0.1, 0.15) is 6.61 Å². The van der Waals surface area contributed by atoms with Crippen molar-refractivity contribution in [3.8, 4) is 0 Å². The molecule has 1 N–H and O–H groups in total. The molecule has 0 amide bonds. The summed E-state index contributed by atoms with van der Waals surface area (Å²) in [5.41, 5.74) is 3.17. The van der Waals surface area contributed by atoms with Crippen LogP contribution in [0.25, 0.3) is 21.5 Å². The topological polar surface area (TPSA) is 63.6 Å². The first-order valence-corrected chi connectivity index (χ1v) is 11.6. The summed E-state index contributed by atoms with van der Waals surface area (Å²) in [4.78, 5) is 0. The molecule has 0 aromatic heterocycles. The number of ether oxygens (including phenoxy) is 1. The first-order chi connectivity index (χ1) is 13.9. The summed E-state index contributed by atoms with van der Waals surface area (Å²) in [7, 11) is -3.67. The van der Waals surface area contributed by atoms with E-state index in [-0.39, 0.29) is 0 Å². The quantitative estimate of drug-likeness (QED) is 0.395. The van der Waals surface area contributed by atoms with Crippen molar-refractivity contribution in [1.29, 1.82) is 0 Å². The fourth-order valence-corrected chi connectivity index (χ4v) is 3.69. The van der Waals surface area contributed by atoms with Crippen molar-refractivity contribution in [2.24, 2.45) is 0 Å². The van der Waals surface area contributed by atoms with Crippen molar-refractivity contribution in [2.75, 3.05) is 12.9 Å². The van der Waals surface area contributed by atoms with Crippen LogP contribution in [-0.4, -0.2) is 25.8 Å². The molecule has 29 heavy (non-hydrogen) atoms. The van der Waals surface area contributed by atoms with E-state index in [4.69, 9.17) is 9.29 Å². The lowest BCUT2D eigenvalue weighted by atomic mass is 9.86. The van der Waals surface area contributed by atoms with Gasteiger partial charge in [-0.2, -0.15) is 8.42 Å². The summed E-state index contributed by atoms with van der Waals surface area (Å²) in [6, 6.07) is 18.0. The molecule has 0 radical (unpaired) electrons. The molecule has 1 aliphatic heterocycles. The number of rotatable bonds is 0. The van der Waals surface area contributed by atoms with Crippen LogP contribution in [0.5, 0.6) is 0 Å². The Morgan fingerprint density at radius 2 is 1.59 bits per heavy atom. The highest BCUT2D eigenvalue weighted by atomic mass is 32.2. The maximum absolute atomic E-state index is 9.19. The molecule has 4 nitrogen and oxygen atoms in total. The van der Waals surface area contributed by atoms with Crippen LogP contribution in [0.3, 0.4) is 0 Å². The summed E-state index contributed by atoms with van der Waals surface area (Å²) in [5.74, 6) is 0. The van der Waals surface area contributed by atoms with E-state index < -0.39 is 10.1 Å². The monoisotopic (exact) mass is 410 g/mol. The Kier molecular flexibility index (Phi) is 7.07. The van der Waals surface area contributed by atoms with Crippen LogP contribution in [0.2, 0.25) is 0 Å². The Morgan fingerprint density at radius 1 is 0.862 bits per heavy atom. The van der Waals surface area contributed by atoms with E-state index in [0.29, 0.717) is 6.26 Å². The van der Waals surface area contributed by atoms with E-state index in [1.54, 1.807) is 17.4 Å². The van der Waals surface area contributed by atoms with Crippen LogP contribution in [-0.2, 0) is 27.7 Å². The summed E-state index contributed by atoms with van der Waals surface area (Å²) < 4.78 is 30.7. The molecule has 0 bridgehead atoms. The molecule has 0 spiro atoms. The molecule has 0 saturated heterocycles. The third-order valence-electron chi connectivity index (χ3n) is 4.87. The average molecular weight is 411 g/mol. The summed E-state index contributed by atoms with van der Waals surface area (Å²) in [6.45, 7) is 0.733. The van der Waals surface area contributed by atoms with E-state index in [0.717, 1.165) is 6.61 Å². The van der Waals surface area contributed by atoms with Crippen LogP contribution < -0.4 is 0 Å². The summed E-state index contributed by atoms with van der Waals surface area (Å²) in [6.07, 6.45) is 13.4. The third kappa shape index (κ3) is 6.17. The lowest BCUT2D eigenvalue weighted by Gasteiger charge is -2.18. The number of hydrogen-bond donors (Lipinski definition) is 1. The molecule has 0 atom stereocenters. The lowest BCUT2D eigenvalue weighted by molar-refractivity contribution is 0.286. The van der Waals surface area contributed by atoms with Crippen molar-refractivity contribution in [3.05, 3.63) is 84.1 Å². The van der Waals surface area contributed by atoms with Gasteiger partial charge in [0.2, 0.25) is 0 Å². The summed E-state index contributed by atoms with van der Waals surface area (Å²) in [5, 5.41) is 5.64. The Hall–Kier alpha value is -2.63. The largest absolute Gasteiger partial charge is 0.497 e. The Labute approximate surface area is 172 Å². The molecule has 0 fully saturated rings. The minimum Gasteiger partial charge on any atom is -0.497 e. The van der Waals surface area contributed by atoms with Crippen LogP contribution in [0.15, 0.2) is 73.0 Å². The predicted molar refractivity (Wildman–Crippen MR) is 120 cm³/mol. The maximum atomic E-state index is 9.19. The van der Waals surface area contributed by atoms with Gasteiger partial charge >= 0.3 is 0 Å². The van der Waals surface area contributed by atoms with E-state index >= 15 is 0 Å². The fourth-order valence-electron chi connectivity index (χ4n) is 3.69. The molecule has 1 aliphatic carbocycles. The molecule has 3 aromatic rings. The zero-order valence-corrected chi connectivity index (χ0v) is 17.4. The first kappa shape index (κ1) is 21.1. The Balaban J connectivity index is 0.000000181. The smallest absolute Gasteiger partial charge is 0.261 e. The van der Waals surface area contributed by atoms with Gasteiger partial charge in [0, 0.05) is 0 Å². The van der Waals surface area contributed by atoms with Gasteiger partial charge in [-0.15, -0.1) is 0 Å². The normalized spacial score (nSPS) is 14.8. The molecular formula is C24H26O4S. The SMILES string of the molecule is C1=CCOC=C1.CS(=O)(=O)O.c1ccc2c(c1)ccc1c3c(ccc12)CCCC3. The fraction of sp³-hybridized carbons (Fsp3) is 0.250. The number of benzene rings is 3. The molecule has 5 heteroatoms. The van der Waals surface area contributed by atoms with Gasteiger partial charge in [0.25, 0.3) is 10.1 Å². The van der Waals surface area contributed by atoms with Gasteiger partial charge in [-0.25, -0.2) is 0 Å². The molecular weight excluding hydrogens is 384 g/mol.